The zero-order valence-corrected chi connectivity index (χ0v) is 15.7. The summed E-state index contributed by atoms with van der Waals surface area (Å²) >= 11 is 0. The molecule has 0 aliphatic rings. The van der Waals surface area contributed by atoms with Gasteiger partial charge in [-0.3, -0.25) is 30.7 Å². The van der Waals surface area contributed by atoms with E-state index in [0.29, 0.717) is 0 Å². The van der Waals surface area contributed by atoms with Gasteiger partial charge in [-0.15, -0.1) is 0 Å². The lowest BCUT2D eigenvalue weighted by Crippen LogP contribution is -2.43. The minimum absolute atomic E-state index is 0.101. The molecule has 0 saturated carbocycles. The molecule has 2 rings (SSSR count). The fraction of sp³-hybridized carbons (Fsp3) is 0.167. The number of anilines is 2. The van der Waals surface area contributed by atoms with Crippen molar-refractivity contribution in [2.24, 2.45) is 0 Å². The van der Waals surface area contributed by atoms with Crippen molar-refractivity contribution in [3.05, 3.63) is 65.4 Å². The summed E-state index contributed by atoms with van der Waals surface area (Å²) in [6.45, 7) is 1.25. The smallest absolute Gasteiger partial charge is 0.322 e. The highest BCUT2D eigenvalue weighted by atomic mass is 19.4. The summed E-state index contributed by atoms with van der Waals surface area (Å²) in [4.78, 5) is 28.3. The van der Waals surface area contributed by atoms with Crippen molar-refractivity contribution >= 4 is 23.2 Å². The second-order valence-corrected chi connectivity index (χ2v) is 5.97. The van der Waals surface area contributed by atoms with Gasteiger partial charge >= 0.3 is 6.18 Å². The van der Waals surface area contributed by atoms with E-state index in [1.54, 1.807) is 5.48 Å². The summed E-state index contributed by atoms with van der Waals surface area (Å²) < 4.78 is 50.8. The van der Waals surface area contributed by atoms with E-state index in [0.717, 1.165) is 35.5 Å². The number of carbonyl (C=O) groups excluding carboxylic acids is 2. The van der Waals surface area contributed by atoms with Crippen LogP contribution in [0.1, 0.15) is 12.6 Å². The van der Waals surface area contributed by atoms with E-state index in [-0.39, 0.29) is 17.1 Å². The van der Waals surface area contributed by atoms with Crippen LogP contribution in [0, 0.1) is 5.82 Å². The number of amides is 2. The number of hydroxylamine groups is 1. The largest absolute Gasteiger partial charge is 0.433 e. The van der Waals surface area contributed by atoms with Gasteiger partial charge in [0.2, 0.25) is 0 Å². The van der Waals surface area contributed by atoms with E-state index in [9.17, 15) is 27.2 Å². The Bertz CT molecular complexity index is 944. The van der Waals surface area contributed by atoms with Crippen LogP contribution in [0.4, 0.5) is 28.9 Å². The Labute approximate surface area is 168 Å². The second kappa shape index (κ2) is 9.22. The van der Waals surface area contributed by atoms with E-state index in [1.807, 2.05) is 0 Å². The van der Waals surface area contributed by atoms with Crippen LogP contribution in [0.5, 0.6) is 0 Å². The van der Waals surface area contributed by atoms with Crippen molar-refractivity contribution in [3.8, 4) is 0 Å². The molecule has 0 unspecified atom stereocenters. The first kappa shape index (κ1) is 22.6. The third kappa shape index (κ3) is 5.67. The Morgan fingerprint density at radius 3 is 2.20 bits per heavy atom. The molecule has 1 aromatic carbocycles. The molecule has 2 aromatic rings. The number of hydrogen-bond acceptors (Lipinski definition) is 6. The van der Waals surface area contributed by atoms with Gasteiger partial charge in [-0.25, -0.2) is 9.37 Å². The molecule has 0 aliphatic heterocycles. The molecule has 12 heteroatoms. The highest BCUT2D eigenvalue weighted by molar-refractivity contribution is 6.23. The molecule has 4 N–H and O–H groups in total. The lowest BCUT2D eigenvalue weighted by Gasteiger charge is -2.21. The number of hydrogen-bond donors (Lipinski definition) is 4. The monoisotopic (exact) mass is 427 g/mol. The molecule has 1 heterocycles. The van der Waals surface area contributed by atoms with Crippen LogP contribution >= 0.6 is 0 Å². The molecular formula is C18H17F4N5O3. The predicted molar refractivity (Wildman–Crippen MR) is 98.4 cm³/mol. The number of nitrogens with one attached hydrogen (secondary N) is 3. The van der Waals surface area contributed by atoms with Crippen molar-refractivity contribution < 1.29 is 32.4 Å². The first-order valence-electron chi connectivity index (χ1n) is 8.28. The van der Waals surface area contributed by atoms with Gasteiger partial charge in [-0.1, -0.05) is 0 Å². The molecule has 0 fully saturated rings. The molecule has 160 valence electrons. The van der Waals surface area contributed by atoms with Gasteiger partial charge < -0.3 is 5.32 Å². The first-order valence-corrected chi connectivity index (χ1v) is 8.28. The van der Waals surface area contributed by atoms with Gasteiger partial charge in [0.15, 0.2) is 0 Å². The molecule has 8 nitrogen and oxygen atoms in total. The molecule has 0 radical (unpaired) electrons. The van der Waals surface area contributed by atoms with Crippen molar-refractivity contribution in [2.75, 3.05) is 17.4 Å². The number of hydrazine groups is 1. The predicted octanol–water partition coefficient (Wildman–Crippen LogP) is 2.60. The fourth-order valence-corrected chi connectivity index (χ4v) is 2.25. The Morgan fingerprint density at radius 2 is 1.70 bits per heavy atom. The summed E-state index contributed by atoms with van der Waals surface area (Å²) in [6.07, 6.45) is -3.72. The van der Waals surface area contributed by atoms with E-state index in [4.69, 9.17) is 5.21 Å². The third-order valence-corrected chi connectivity index (χ3v) is 3.79. The molecule has 30 heavy (non-hydrogen) atoms. The van der Waals surface area contributed by atoms with Gasteiger partial charge in [0.05, 0.1) is 17.6 Å². The van der Waals surface area contributed by atoms with Gasteiger partial charge in [0.1, 0.15) is 17.1 Å². The Kier molecular flexibility index (Phi) is 6.95. The van der Waals surface area contributed by atoms with E-state index in [1.165, 1.54) is 26.1 Å². The molecular weight excluding hydrogens is 410 g/mol. The summed E-state index contributed by atoms with van der Waals surface area (Å²) in [6, 6.07) is 6.55. The molecule has 0 bridgehead atoms. The number of nitrogens with zero attached hydrogens (tertiary/aromatic N) is 2. The summed E-state index contributed by atoms with van der Waals surface area (Å²) in [5, 5.41) is 12.5. The lowest BCUT2D eigenvalue weighted by molar-refractivity contribution is -0.141. The molecule has 1 aromatic heterocycles. The normalized spacial score (nSPS) is 12.0. The maximum absolute atomic E-state index is 13.0. The first-order chi connectivity index (χ1) is 14.0. The van der Waals surface area contributed by atoms with Crippen LogP contribution in [0.2, 0.25) is 0 Å². The zero-order valence-electron chi connectivity index (χ0n) is 15.7. The Hall–Kier alpha value is -3.67. The average molecular weight is 427 g/mol. The second-order valence-electron chi connectivity index (χ2n) is 5.97. The molecule has 0 saturated heterocycles. The highest BCUT2D eigenvalue weighted by Gasteiger charge is 2.32. The van der Waals surface area contributed by atoms with Crippen molar-refractivity contribution in [3.63, 3.8) is 0 Å². The van der Waals surface area contributed by atoms with E-state index >= 15 is 0 Å². The van der Waals surface area contributed by atoms with Gasteiger partial charge in [0.25, 0.3) is 11.8 Å². The summed E-state index contributed by atoms with van der Waals surface area (Å²) in [5.41, 5.74) is 2.45. The van der Waals surface area contributed by atoms with Gasteiger partial charge in [0, 0.05) is 12.7 Å². The van der Waals surface area contributed by atoms with E-state index < -0.39 is 35.1 Å². The van der Waals surface area contributed by atoms with Crippen LogP contribution < -0.4 is 21.2 Å². The number of pyridine rings is 1. The van der Waals surface area contributed by atoms with Gasteiger partial charge in [-0.05, 0) is 43.3 Å². The maximum atomic E-state index is 13.0. The highest BCUT2D eigenvalue weighted by Crippen LogP contribution is 2.28. The van der Waals surface area contributed by atoms with Crippen LogP contribution in [0.25, 0.3) is 0 Å². The minimum Gasteiger partial charge on any atom is -0.322 e. The average Bonchev–Trinajstić information content (AvgIpc) is 2.69. The number of benzene rings is 1. The van der Waals surface area contributed by atoms with Crippen molar-refractivity contribution in [2.45, 2.75) is 13.1 Å². The quantitative estimate of drug-likeness (QED) is 0.186. The standard InChI is InChI=1S/C18H17F4N5O3/c1-10(26-30)15(16(28)24-12-5-3-11(19)4-6-12)17(29)25-27(2)13-7-8-14(23-9-13)18(20,21)22/h3-9,26,30H,1-2H3,(H,24,28)(H,25,29)/b15-10+. The number of alkyl halides is 3. The van der Waals surface area contributed by atoms with Crippen LogP contribution in [-0.2, 0) is 15.8 Å². The van der Waals surface area contributed by atoms with Crippen LogP contribution in [0.3, 0.4) is 0 Å². The Balaban J connectivity index is 2.17. The number of allylic oxidation sites excluding steroid dienone is 1. The van der Waals surface area contributed by atoms with Crippen LogP contribution in [-0.4, -0.2) is 29.1 Å². The lowest BCUT2D eigenvalue weighted by atomic mass is 10.1. The van der Waals surface area contributed by atoms with E-state index in [2.05, 4.69) is 15.7 Å². The SMILES string of the molecule is C/C(NO)=C(/C(=O)Nc1ccc(F)cc1)C(=O)NN(C)c1ccc(C(F)(F)F)nc1. The topological polar surface area (TPSA) is 107 Å². The molecule has 2 amide bonds. The molecule has 0 aliphatic carbocycles. The third-order valence-electron chi connectivity index (χ3n) is 3.79. The van der Waals surface area contributed by atoms with Crippen molar-refractivity contribution in [1.82, 2.24) is 15.9 Å². The number of carbonyl (C=O) groups is 2. The number of rotatable bonds is 6. The molecule has 0 atom stereocenters. The van der Waals surface area contributed by atoms with Crippen molar-refractivity contribution in [1.29, 1.82) is 0 Å². The summed E-state index contributed by atoms with van der Waals surface area (Å²) in [7, 11) is 1.32. The Morgan fingerprint density at radius 1 is 1.07 bits per heavy atom. The van der Waals surface area contributed by atoms with Crippen LogP contribution in [0.15, 0.2) is 53.9 Å². The maximum Gasteiger partial charge on any atom is 0.433 e. The fourth-order valence-electron chi connectivity index (χ4n) is 2.25. The number of halogens is 4. The molecule has 0 spiro atoms. The summed E-state index contributed by atoms with van der Waals surface area (Å²) in [5.74, 6) is -2.42. The minimum atomic E-state index is -4.61. The zero-order chi connectivity index (χ0) is 22.5. The number of aromatic nitrogens is 1. The van der Waals surface area contributed by atoms with Gasteiger partial charge in [-0.2, -0.15) is 13.2 Å².